The average molecular weight is 241 g/mol. The Morgan fingerprint density at radius 3 is 2.33 bits per heavy atom. The normalized spacial score (nSPS) is 44.1. The van der Waals surface area contributed by atoms with Crippen LogP contribution < -0.4 is 21.2 Å². The molecule has 0 bridgehead atoms. The van der Waals surface area contributed by atoms with Crippen molar-refractivity contribution in [1.29, 1.82) is 0 Å². The number of hydrogen-bond acceptors (Lipinski definition) is 1. The van der Waals surface area contributed by atoms with Gasteiger partial charge in [-0.3, -0.25) is 0 Å². The van der Waals surface area contributed by atoms with Crippen molar-refractivity contribution < 1.29 is 25.9 Å². The summed E-state index contributed by atoms with van der Waals surface area (Å²) in [4.78, 5) is 2.30. The van der Waals surface area contributed by atoms with Gasteiger partial charge in [0.05, 0.1) is 0 Å². The molecule has 0 amide bonds. The third-order valence-corrected chi connectivity index (χ3v) is 4.16. The van der Waals surface area contributed by atoms with Crippen molar-refractivity contribution in [1.82, 2.24) is 0 Å². The van der Waals surface area contributed by atoms with Gasteiger partial charge >= 0.3 is 67.3 Å². The van der Waals surface area contributed by atoms with E-state index < -0.39 is 0 Å². The minimum atomic E-state index is 0.327. The van der Waals surface area contributed by atoms with Gasteiger partial charge in [-0.15, -0.1) is 0 Å². The maximum absolute atomic E-state index is 5.67. The van der Waals surface area contributed by atoms with E-state index in [-0.39, 0.29) is 0 Å². The van der Waals surface area contributed by atoms with Crippen LogP contribution in [0.2, 0.25) is 0 Å². The molecule has 1 nitrogen and oxygen atoms in total. The number of rotatable bonds is 1. The monoisotopic (exact) mass is 241 g/mol. The van der Waals surface area contributed by atoms with E-state index in [1.165, 1.54) is 6.42 Å². The Labute approximate surface area is 67.4 Å². The molecule has 2 heteroatoms. The third-order valence-electron chi connectivity index (χ3n) is 1.96. The van der Waals surface area contributed by atoms with Crippen LogP contribution in [0.4, 0.5) is 0 Å². The SMILES string of the molecule is C[I-]C1CC(C)C(C)O1. The zero-order chi connectivity index (χ0) is 6.85. The average Bonchev–Trinajstić information content (AvgIpc) is 2.13. The third kappa shape index (κ3) is 1.80. The summed E-state index contributed by atoms with van der Waals surface area (Å²) >= 11 is 0.327. The molecule has 1 rings (SSSR count). The molecule has 0 aliphatic carbocycles. The molecule has 1 saturated heterocycles. The second kappa shape index (κ2) is 3.19. The van der Waals surface area contributed by atoms with Crippen molar-refractivity contribution in [2.45, 2.75) is 30.5 Å². The predicted octanol–water partition coefficient (Wildman–Crippen LogP) is -1.52. The molecule has 1 aliphatic heterocycles. The summed E-state index contributed by atoms with van der Waals surface area (Å²) in [5, 5.41) is 0. The van der Waals surface area contributed by atoms with E-state index in [0.717, 1.165) is 5.92 Å². The molecule has 3 unspecified atom stereocenters. The fourth-order valence-corrected chi connectivity index (χ4v) is 3.11. The predicted molar refractivity (Wildman–Crippen MR) is 34.0 cm³/mol. The van der Waals surface area contributed by atoms with Crippen molar-refractivity contribution >= 4 is 0 Å². The van der Waals surface area contributed by atoms with Gasteiger partial charge in [0.25, 0.3) is 0 Å². The van der Waals surface area contributed by atoms with Crippen LogP contribution in [-0.4, -0.2) is 15.1 Å². The molecule has 0 radical (unpaired) electrons. The van der Waals surface area contributed by atoms with Crippen LogP contribution in [0.25, 0.3) is 0 Å². The first kappa shape index (κ1) is 7.79. The summed E-state index contributed by atoms with van der Waals surface area (Å²) in [6.45, 7) is 4.47. The van der Waals surface area contributed by atoms with Gasteiger partial charge < -0.3 is 0 Å². The van der Waals surface area contributed by atoms with Gasteiger partial charge in [-0.2, -0.15) is 0 Å². The zero-order valence-electron chi connectivity index (χ0n) is 6.23. The number of halogens is 1. The van der Waals surface area contributed by atoms with Crippen molar-refractivity contribution in [2.75, 3.05) is 4.93 Å². The molecule has 56 valence electrons. The molecule has 0 aromatic carbocycles. The van der Waals surface area contributed by atoms with E-state index in [0.29, 0.717) is 31.4 Å². The molecule has 0 spiro atoms. The van der Waals surface area contributed by atoms with Gasteiger partial charge in [0, 0.05) is 0 Å². The van der Waals surface area contributed by atoms with E-state index in [1.807, 2.05) is 0 Å². The van der Waals surface area contributed by atoms with Gasteiger partial charge in [-0.1, -0.05) is 0 Å². The second-order valence-electron chi connectivity index (χ2n) is 2.68. The fraction of sp³-hybridized carbons (Fsp3) is 1.00. The van der Waals surface area contributed by atoms with Crippen molar-refractivity contribution in [2.24, 2.45) is 5.92 Å². The fourth-order valence-electron chi connectivity index (χ4n) is 1.05. The van der Waals surface area contributed by atoms with E-state index in [2.05, 4.69) is 18.8 Å². The van der Waals surface area contributed by atoms with Crippen LogP contribution in [0.5, 0.6) is 0 Å². The first-order valence-corrected chi connectivity index (χ1v) is 6.78. The molecule has 9 heavy (non-hydrogen) atoms. The zero-order valence-corrected chi connectivity index (χ0v) is 8.38. The van der Waals surface area contributed by atoms with Crippen LogP contribution in [0.1, 0.15) is 20.3 Å². The molecular formula is C7H14IO-. The van der Waals surface area contributed by atoms with Crippen LogP contribution in [-0.2, 0) is 4.74 Å². The molecule has 1 heterocycles. The van der Waals surface area contributed by atoms with Crippen molar-refractivity contribution in [3.05, 3.63) is 0 Å². The number of alkyl halides is 2. The molecule has 0 N–H and O–H groups in total. The van der Waals surface area contributed by atoms with Gasteiger partial charge in [0.2, 0.25) is 0 Å². The standard InChI is InChI=1S/C7H14IO/c1-5-4-7(8-3)9-6(5)2/h5-7H,4H2,1-3H3/q-1. The van der Waals surface area contributed by atoms with Gasteiger partial charge in [-0.05, 0) is 0 Å². The van der Waals surface area contributed by atoms with E-state index in [9.17, 15) is 0 Å². The molecule has 0 saturated carbocycles. The Kier molecular flexibility index (Phi) is 2.76. The number of ether oxygens (including phenoxy) is 1. The minimum absolute atomic E-state index is 0.327. The Hall–Kier alpha value is 0.690. The summed E-state index contributed by atoms with van der Waals surface area (Å²) in [5.41, 5.74) is 0. The summed E-state index contributed by atoms with van der Waals surface area (Å²) in [6.07, 6.45) is 1.83. The van der Waals surface area contributed by atoms with Crippen molar-refractivity contribution in [3.8, 4) is 0 Å². The summed E-state index contributed by atoms with van der Waals surface area (Å²) in [7, 11) is 0. The van der Waals surface area contributed by atoms with Crippen LogP contribution >= 0.6 is 0 Å². The molecule has 0 aromatic heterocycles. The van der Waals surface area contributed by atoms with Crippen molar-refractivity contribution in [3.63, 3.8) is 0 Å². The van der Waals surface area contributed by atoms with Crippen LogP contribution in [0.3, 0.4) is 0 Å². The Morgan fingerprint density at radius 2 is 2.11 bits per heavy atom. The number of hydrogen-bond donors (Lipinski definition) is 0. The Balaban J connectivity index is 2.35. The second-order valence-corrected chi connectivity index (χ2v) is 5.32. The van der Waals surface area contributed by atoms with Gasteiger partial charge in [-0.25, -0.2) is 0 Å². The Bertz CT molecular complexity index is 84.9. The first-order chi connectivity index (χ1) is 4.24. The molecular weight excluding hydrogens is 227 g/mol. The van der Waals surface area contributed by atoms with Gasteiger partial charge in [0.15, 0.2) is 0 Å². The molecule has 3 atom stereocenters. The topological polar surface area (TPSA) is 9.23 Å². The summed E-state index contributed by atoms with van der Waals surface area (Å²) in [5.74, 6) is 0.801. The molecule has 1 fully saturated rings. The quantitative estimate of drug-likeness (QED) is 0.400. The van der Waals surface area contributed by atoms with E-state index in [4.69, 9.17) is 4.74 Å². The molecule has 1 aliphatic rings. The van der Waals surface area contributed by atoms with Gasteiger partial charge in [0.1, 0.15) is 0 Å². The Morgan fingerprint density at radius 1 is 1.44 bits per heavy atom. The maximum atomic E-state index is 5.67. The van der Waals surface area contributed by atoms with Crippen LogP contribution in [0.15, 0.2) is 0 Å². The van der Waals surface area contributed by atoms with Crippen LogP contribution in [0, 0.1) is 5.92 Å². The summed E-state index contributed by atoms with van der Waals surface area (Å²) in [6, 6.07) is 0. The molecule has 0 aromatic rings. The summed E-state index contributed by atoms with van der Waals surface area (Å²) < 4.78 is 6.33. The van der Waals surface area contributed by atoms with E-state index >= 15 is 0 Å². The van der Waals surface area contributed by atoms with E-state index in [1.54, 1.807) is 0 Å². The first-order valence-electron chi connectivity index (χ1n) is 3.37.